The number of nitro benzene ring substituents is 1. The number of non-ortho nitro benzene ring substituents is 1. The van der Waals surface area contributed by atoms with Crippen LogP contribution in [0.4, 0.5) is 11.4 Å². The van der Waals surface area contributed by atoms with Crippen molar-refractivity contribution < 1.29 is 15.1 Å². The lowest BCUT2D eigenvalue weighted by molar-refractivity contribution is -0.385. The Kier molecular flexibility index (Phi) is 6.87. The molecule has 0 amide bonds. The molecule has 0 aliphatic heterocycles. The second-order valence-corrected chi connectivity index (χ2v) is 8.34. The third-order valence-electron chi connectivity index (χ3n) is 4.58. The van der Waals surface area contributed by atoms with Crippen LogP contribution in [0.25, 0.3) is 0 Å². The first-order valence-electron chi connectivity index (χ1n) is 9.21. The summed E-state index contributed by atoms with van der Waals surface area (Å²) in [6.07, 6.45) is -0.773. The molecule has 1 atom stereocenters. The summed E-state index contributed by atoms with van der Waals surface area (Å²) in [7, 11) is 0. The van der Waals surface area contributed by atoms with E-state index in [0.29, 0.717) is 22.7 Å². The second-order valence-electron chi connectivity index (χ2n) is 6.87. The lowest BCUT2D eigenvalue weighted by atomic mass is 10.1. The first kappa shape index (κ1) is 22.0. The predicted octanol–water partition coefficient (Wildman–Crippen LogP) is 6.03. The van der Waals surface area contributed by atoms with Crippen LogP contribution < -0.4 is 4.31 Å². The molecule has 0 aliphatic carbocycles. The summed E-state index contributed by atoms with van der Waals surface area (Å²) in [5.41, 5.74) is 2.80. The Morgan fingerprint density at radius 3 is 2.50 bits per heavy atom. The largest absolute Gasteiger partial charge is 0.504 e. The zero-order valence-corrected chi connectivity index (χ0v) is 18.0. The zero-order valence-electron chi connectivity index (χ0n) is 16.4. The molecule has 0 aromatic heterocycles. The first-order valence-corrected chi connectivity index (χ1v) is 10.4. The number of hydrogen-bond donors (Lipinski definition) is 2. The number of anilines is 1. The number of nitrogens with zero attached hydrogens (tertiary/aromatic N) is 2. The van der Waals surface area contributed by atoms with E-state index in [1.54, 1.807) is 19.1 Å². The minimum atomic E-state index is -0.773. The number of halogens is 1. The van der Waals surface area contributed by atoms with Crippen LogP contribution in [0, 0.1) is 17.0 Å². The molecular weight excluding hydrogens is 424 g/mol. The minimum absolute atomic E-state index is 0.0113. The van der Waals surface area contributed by atoms with Crippen LogP contribution in [0.1, 0.15) is 29.7 Å². The molecule has 156 valence electrons. The van der Waals surface area contributed by atoms with Gasteiger partial charge in [-0.1, -0.05) is 48.0 Å². The zero-order chi connectivity index (χ0) is 21.8. The molecular formula is C22H21ClN2O4S. The lowest BCUT2D eigenvalue weighted by Crippen LogP contribution is -2.15. The number of rotatable bonds is 7. The number of aryl methyl sites for hydroxylation is 1. The summed E-state index contributed by atoms with van der Waals surface area (Å²) in [4.78, 5) is 11.5. The van der Waals surface area contributed by atoms with Gasteiger partial charge in [0.2, 0.25) is 0 Å². The fourth-order valence-corrected chi connectivity index (χ4v) is 4.17. The summed E-state index contributed by atoms with van der Waals surface area (Å²) in [5.74, 6) is -0.118. The number of aliphatic hydroxyl groups excluding tert-OH is 1. The summed E-state index contributed by atoms with van der Waals surface area (Å²) in [5, 5.41) is 32.0. The molecule has 3 rings (SSSR count). The Morgan fingerprint density at radius 1 is 1.17 bits per heavy atom. The van der Waals surface area contributed by atoms with Crippen LogP contribution in [0.3, 0.4) is 0 Å². The number of aromatic hydroxyl groups is 1. The molecule has 0 saturated carbocycles. The SMILES string of the molecule is Cc1ccc([N+](=O)[O-])cc1SN(Cc1ccccc1)c1cc(C(C)O)cc(Cl)c1O. The van der Waals surface area contributed by atoms with Crippen molar-refractivity contribution in [1.29, 1.82) is 0 Å². The van der Waals surface area contributed by atoms with E-state index in [1.165, 1.54) is 30.1 Å². The van der Waals surface area contributed by atoms with Gasteiger partial charge in [0.1, 0.15) is 0 Å². The number of nitro groups is 1. The number of aliphatic hydroxyl groups is 1. The quantitative estimate of drug-likeness (QED) is 0.263. The minimum Gasteiger partial charge on any atom is -0.504 e. The van der Waals surface area contributed by atoms with Gasteiger partial charge in [-0.3, -0.25) is 10.1 Å². The molecule has 0 spiro atoms. The van der Waals surface area contributed by atoms with Crippen LogP contribution in [0.15, 0.2) is 65.6 Å². The summed E-state index contributed by atoms with van der Waals surface area (Å²) >= 11 is 7.49. The van der Waals surface area contributed by atoms with E-state index in [9.17, 15) is 20.3 Å². The number of phenolic OH excluding ortho intramolecular Hbond substituents is 1. The van der Waals surface area contributed by atoms with Crippen molar-refractivity contribution in [2.75, 3.05) is 4.31 Å². The summed E-state index contributed by atoms with van der Waals surface area (Å²) in [6.45, 7) is 3.89. The van der Waals surface area contributed by atoms with Crippen LogP contribution in [-0.4, -0.2) is 15.1 Å². The average molecular weight is 445 g/mol. The number of hydrogen-bond acceptors (Lipinski definition) is 6. The molecule has 0 bridgehead atoms. The molecule has 0 fully saturated rings. The van der Waals surface area contributed by atoms with E-state index in [2.05, 4.69) is 0 Å². The van der Waals surface area contributed by atoms with E-state index in [0.717, 1.165) is 11.1 Å². The maximum atomic E-state index is 11.2. The highest BCUT2D eigenvalue weighted by Gasteiger charge is 2.20. The normalized spacial score (nSPS) is 11.9. The van der Waals surface area contributed by atoms with Gasteiger partial charge in [-0.2, -0.15) is 0 Å². The molecule has 0 heterocycles. The van der Waals surface area contributed by atoms with Crippen molar-refractivity contribution in [3.8, 4) is 5.75 Å². The summed E-state index contributed by atoms with van der Waals surface area (Å²) in [6, 6.07) is 17.5. The van der Waals surface area contributed by atoms with Crippen molar-refractivity contribution in [3.63, 3.8) is 0 Å². The van der Waals surface area contributed by atoms with Gasteiger partial charge in [-0.05, 0) is 54.6 Å². The molecule has 0 radical (unpaired) electrons. The van der Waals surface area contributed by atoms with Crippen LogP contribution in [-0.2, 0) is 6.54 Å². The van der Waals surface area contributed by atoms with Crippen molar-refractivity contribution >= 4 is 34.9 Å². The van der Waals surface area contributed by atoms with Gasteiger partial charge in [0.05, 0.1) is 28.3 Å². The van der Waals surface area contributed by atoms with Gasteiger partial charge in [0, 0.05) is 17.0 Å². The smallest absolute Gasteiger partial charge is 0.270 e. The van der Waals surface area contributed by atoms with Gasteiger partial charge in [-0.25, -0.2) is 0 Å². The third-order valence-corrected chi connectivity index (χ3v) is 6.05. The highest BCUT2D eigenvalue weighted by Crippen LogP contribution is 2.43. The standard InChI is InChI=1S/C22H21ClN2O4S/c1-14-8-9-18(25(28)29)12-21(14)30-24(13-16-6-4-3-5-7-16)20-11-17(15(2)26)10-19(23)22(20)27/h3-12,15,26-27H,13H2,1-2H3. The fourth-order valence-electron chi connectivity index (χ4n) is 2.87. The van der Waals surface area contributed by atoms with E-state index in [1.807, 2.05) is 41.6 Å². The van der Waals surface area contributed by atoms with Crippen molar-refractivity contribution in [2.45, 2.75) is 31.4 Å². The Balaban J connectivity index is 2.09. The molecule has 1 unspecified atom stereocenters. The second kappa shape index (κ2) is 9.38. The van der Waals surface area contributed by atoms with Gasteiger partial charge in [0.15, 0.2) is 5.75 Å². The van der Waals surface area contributed by atoms with Gasteiger partial charge < -0.3 is 14.5 Å². The van der Waals surface area contributed by atoms with E-state index in [-0.39, 0.29) is 16.5 Å². The van der Waals surface area contributed by atoms with E-state index >= 15 is 0 Å². The molecule has 3 aromatic rings. The molecule has 2 N–H and O–H groups in total. The van der Waals surface area contributed by atoms with E-state index in [4.69, 9.17) is 11.6 Å². The summed E-state index contributed by atoms with van der Waals surface area (Å²) < 4.78 is 1.81. The van der Waals surface area contributed by atoms with Crippen molar-refractivity contribution in [3.05, 3.63) is 92.5 Å². The monoisotopic (exact) mass is 444 g/mol. The predicted molar refractivity (Wildman–Crippen MR) is 120 cm³/mol. The molecule has 30 heavy (non-hydrogen) atoms. The lowest BCUT2D eigenvalue weighted by Gasteiger charge is -2.26. The molecule has 8 heteroatoms. The highest BCUT2D eigenvalue weighted by molar-refractivity contribution is 8.00. The fraction of sp³-hybridized carbons (Fsp3) is 0.182. The Labute approximate surface area is 184 Å². The Hall–Kier alpha value is -2.74. The molecule has 0 aliphatic rings. The molecule has 6 nitrogen and oxygen atoms in total. The van der Waals surface area contributed by atoms with Crippen molar-refractivity contribution in [2.24, 2.45) is 0 Å². The maximum Gasteiger partial charge on any atom is 0.270 e. The third kappa shape index (κ3) is 5.05. The topological polar surface area (TPSA) is 86.8 Å². The van der Waals surface area contributed by atoms with Crippen LogP contribution >= 0.6 is 23.5 Å². The Morgan fingerprint density at radius 2 is 1.87 bits per heavy atom. The van der Waals surface area contributed by atoms with Crippen LogP contribution in [0.5, 0.6) is 5.75 Å². The number of phenols is 1. The van der Waals surface area contributed by atoms with Gasteiger partial charge in [0.25, 0.3) is 5.69 Å². The first-order chi connectivity index (χ1) is 14.3. The highest BCUT2D eigenvalue weighted by atomic mass is 35.5. The van der Waals surface area contributed by atoms with Gasteiger partial charge in [-0.15, -0.1) is 0 Å². The molecule has 0 saturated heterocycles. The van der Waals surface area contributed by atoms with E-state index < -0.39 is 11.0 Å². The number of benzene rings is 3. The Bertz CT molecular complexity index is 1060. The van der Waals surface area contributed by atoms with Crippen LogP contribution in [0.2, 0.25) is 5.02 Å². The average Bonchev–Trinajstić information content (AvgIpc) is 2.71. The molecule has 3 aromatic carbocycles. The van der Waals surface area contributed by atoms with Crippen molar-refractivity contribution in [1.82, 2.24) is 0 Å². The van der Waals surface area contributed by atoms with Gasteiger partial charge >= 0.3 is 0 Å². The maximum absolute atomic E-state index is 11.2.